The highest BCUT2D eigenvalue weighted by Gasteiger charge is 2.78. The van der Waals surface area contributed by atoms with Crippen LogP contribution in [0.4, 0.5) is 4.39 Å². The largest absolute Gasteiger partial charge is 0.457 e. The zero-order valence-corrected chi connectivity index (χ0v) is 23.5. The van der Waals surface area contributed by atoms with Gasteiger partial charge in [0.05, 0.1) is 6.10 Å². The highest BCUT2D eigenvalue weighted by molar-refractivity contribution is 6.21. The number of fused-ring (bicyclic) bond motifs is 5. The Morgan fingerprint density at radius 1 is 1.21 bits per heavy atom. The fourth-order valence-electron chi connectivity index (χ4n) is 8.13. The molecular weight excluding hydrogens is 515 g/mol. The van der Waals surface area contributed by atoms with Gasteiger partial charge in [-0.2, -0.15) is 0 Å². The van der Waals surface area contributed by atoms with Crippen molar-refractivity contribution in [2.75, 3.05) is 6.61 Å². The Morgan fingerprint density at radius 2 is 1.89 bits per heavy atom. The molecule has 7 nitrogen and oxygen atoms in total. The fraction of sp³-hybridized carbons (Fsp3) is 0.724. The van der Waals surface area contributed by atoms with Gasteiger partial charge < -0.3 is 14.6 Å². The molecule has 0 aromatic carbocycles. The number of alkyl halides is 2. The van der Waals surface area contributed by atoms with Gasteiger partial charge in [-0.1, -0.05) is 39.3 Å². The summed E-state index contributed by atoms with van der Waals surface area (Å²) in [5, 5.41) is 10.9. The van der Waals surface area contributed by atoms with Crippen LogP contribution in [0.2, 0.25) is 0 Å². The predicted molar refractivity (Wildman–Crippen MR) is 138 cm³/mol. The predicted octanol–water partition coefficient (Wildman–Crippen LogP) is 4.42. The van der Waals surface area contributed by atoms with E-state index in [1.807, 2.05) is 6.92 Å². The van der Waals surface area contributed by atoms with Gasteiger partial charge in [0.2, 0.25) is 5.78 Å². The van der Waals surface area contributed by atoms with Crippen LogP contribution in [0.3, 0.4) is 0 Å². The van der Waals surface area contributed by atoms with E-state index in [-0.39, 0.29) is 31.5 Å². The molecule has 38 heavy (non-hydrogen) atoms. The third-order valence-corrected chi connectivity index (χ3v) is 10.4. The summed E-state index contributed by atoms with van der Waals surface area (Å²) < 4.78 is 28.8. The van der Waals surface area contributed by atoms with Crippen molar-refractivity contribution in [3.63, 3.8) is 0 Å². The Kier molecular flexibility index (Phi) is 7.50. The molecule has 9 atom stereocenters. The molecular formula is C29H38ClFO7. The molecule has 0 amide bonds. The number of Topliss-reactive ketones (excluding diaryl/α,β-unsaturated/α-hetero) is 1. The fourth-order valence-corrected chi connectivity index (χ4v) is 8.65. The summed E-state index contributed by atoms with van der Waals surface area (Å²) in [5.74, 6) is -3.92. The van der Waals surface area contributed by atoms with Crippen molar-refractivity contribution in [1.82, 2.24) is 0 Å². The lowest BCUT2D eigenvalue weighted by molar-refractivity contribution is -0.228. The van der Waals surface area contributed by atoms with Crippen molar-refractivity contribution < 1.29 is 38.1 Å². The summed E-state index contributed by atoms with van der Waals surface area (Å²) in [6, 6.07) is 0. The first-order valence-electron chi connectivity index (χ1n) is 13.6. The molecule has 0 radical (unpaired) electrons. The normalized spacial score (nSPS) is 43.4. The quantitative estimate of drug-likeness (QED) is 0.368. The molecule has 3 fully saturated rings. The Labute approximate surface area is 228 Å². The van der Waals surface area contributed by atoms with Gasteiger partial charge in [0.1, 0.15) is 0 Å². The molecule has 9 heteroatoms. The molecule has 0 spiro atoms. The van der Waals surface area contributed by atoms with Crippen molar-refractivity contribution in [3.8, 4) is 0 Å². The van der Waals surface area contributed by atoms with Crippen LogP contribution in [-0.4, -0.2) is 58.0 Å². The highest BCUT2D eigenvalue weighted by Crippen LogP contribution is 2.72. The SMILES string of the molecule is CCCC(=O)O[C@]1(C(=O)COC(=O)CC)C(C)C[C@H]2[C@@H]3C(Cl)CC4=CC(=O)C=C[C@]4(C)[C@@]3(F)C(O)C[C@@]21C. The molecule has 0 heterocycles. The maximum absolute atomic E-state index is 17.6. The number of ether oxygens (including phenoxy) is 2. The van der Waals surface area contributed by atoms with E-state index in [0.717, 1.165) is 0 Å². The molecule has 3 unspecified atom stereocenters. The van der Waals surface area contributed by atoms with Gasteiger partial charge in [0.25, 0.3) is 0 Å². The van der Waals surface area contributed by atoms with Crippen LogP contribution in [0, 0.1) is 28.6 Å². The molecule has 0 bridgehead atoms. The van der Waals surface area contributed by atoms with Crippen LogP contribution in [0.5, 0.6) is 0 Å². The first-order valence-corrected chi connectivity index (χ1v) is 14.0. The second-order valence-electron chi connectivity index (χ2n) is 11.9. The molecule has 4 aliphatic carbocycles. The monoisotopic (exact) mass is 552 g/mol. The van der Waals surface area contributed by atoms with E-state index in [1.165, 1.54) is 18.2 Å². The van der Waals surface area contributed by atoms with E-state index in [9.17, 15) is 24.3 Å². The molecule has 4 rings (SSSR count). The van der Waals surface area contributed by atoms with Crippen molar-refractivity contribution in [1.29, 1.82) is 0 Å². The average Bonchev–Trinajstić information content (AvgIpc) is 3.06. The number of hydrogen-bond acceptors (Lipinski definition) is 7. The van der Waals surface area contributed by atoms with Crippen LogP contribution >= 0.6 is 11.6 Å². The number of carbonyl (C=O) groups is 4. The summed E-state index contributed by atoms with van der Waals surface area (Å²) in [4.78, 5) is 50.9. The van der Waals surface area contributed by atoms with Gasteiger partial charge >= 0.3 is 11.9 Å². The minimum atomic E-state index is -2.22. The van der Waals surface area contributed by atoms with Gasteiger partial charge in [-0.3, -0.25) is 19.2 Å². The summed E-state index contributed by atoms with van der Waals surface area (Å²) >= 11 is 6.91. The van der Waals surface area contributed by atoms with Crippen molar-refractivity contribution in [3.05, 3.63) is 23.8 Å². The first kappa shape index (κ1) is 28.9. The van der Waals surface area contributed by atoms with Crippen LogP contribution in [0.25, 0.3) is 0 Å². The summed E-state index contributed by atoms with van der Waals surface area (Å²) in [6.45, 7) is 8.08. The molecule has 0 saturated heterocycles. The summed E-state index contributed by atoms with van der Waals surface area (Å²) in [7, 11) is 0. The van der Waals surface area contributed by atoms with Gasteiger partial charge in [-0.15, -0.1) is 11.6 Å². The number of aliphatic hydroxyl groups excluding tert-OH is 1. The Morgan fingerprint density at radius 3 is 2.53 bits per heavy atom. The van der Waals surface area contributed by atoms with Gasteiger partial charge in [-0.05, 0) is 50.7 Å². The molecule has 3 saturated carbocycles. The number of esters is 2. The molecule has 4 aliphatic rings. The highest BCUT2D eigenvalue weighted by atomic mass is 35.5. The number of rotatable bonds is 7. The van der Waals surface area contributed by atoms with E-state index in [2.05, 4.69) is 0 Å². The van der Waals surface area contributed by atoms with Gasteiger partial charge in [-0.25, -0.2) is 4.39 Å². The third kappa shape index (κ3) is 3.84. The summed E-state index contributed by atoms with van der Waals surface area (Å²) in [6.07, 6.45) is 3.78. The van der Waals surface area contributed by atoms with E-state index in [4.69, 9.17) is 21.1 Å². The topological polar surface area (TPSA) is 107 Å². The van der Waals surface area contributed by atoms with Crippen molar-refractivity contribution in [2.24, 2.45) is 28.6 Å². The number of ketones is 2. The zero-order valence-electron chi connectivity index (χ0n) is 22.7. The molecule has 0 aliphatic heterocycles. The number of halogens is 2. The molecule has 0 aromatic rings. The maximum Gasteiger partial charge on any atom is 0.306 e. The third-order valence-electron chi connectivity index (χ3n) is 9.95. The van der Waals surface area contributed by atoms with Crippen molar-refractivity contribution in [2.45, 2.75) is 95.9 Å². The number of carbonyl (C=O) groups excluding carboxylic acids is 4. The first-order chi connectivity index (χ1) is 17.7. The summed E-state index contributed by atoms with van der Waals surface area (Å²) in [5.41, 5.74) is -5.84. The lowest BCUT2D eigenvalue weighted by Gasteiger charge is -2.63. The standard InChI is InChI=1S/C29H38ClFO7/c1-6-8-24(36)38-29(22(34)15-37-23(35)7-2)16(3)11-19-25-20(30)13-17-12-18(32)9-10-26(17,4)28(25,31)21(33)14-27(19,29)5/h9-10,12,16,19-21,25,33H,6-8,11,13-15H2,1-5H3/t16?,19-,20?,21?,25+,26-,27-,28+,29-/m0/s1. The second-order valence-corrected chi connectivity index (χ2v) is 12.5. The minimum Gasteiger partial charge on any atom is -0.457 e. The zero-order chi connectivity index (χ0) is 28.3. The average molecular weight is 553 g/mol. The lowest BCUT2D eigenvalue weighted by atomic mass is 9.44. The Balaban J connectivity index is 1.83. The van der Waals surface area contributed by atoms with Crippen LogP contribution < -0.4 is 0 Å². The molecule has 0 aromatic heterocycles. The maximum atomic E-state index is 17.6. The molecule has 1 N–H and O–H groups in total. The smallest absolute Gasteiger partial charge is 0.306 e. The van der Waals surface area contributed by atoms with E-state index >= 15 is 4.39 Å². The lowest BCUT2D eigenvalue weighted by Crippen LogP contribution is -2.72. The van der Waals surface area contributed by atoms with E-state index in [0.29, 0.717) is 18.4 Å². The number of hydrogen-bond donors (Lipinski definition) is 1. The van der Waals surface area contributed by atoms with E-state index < -0.39 is 75.7 Å². The van der Waals surface area contributed by atoms with Crippen LogP contribution in [0.15, 0.2) is 23.8 Å². The molecule has 210 valence electrons. The van der Waals surface area contributed by atoms with Crippen molar-refractivity contribution >= 4 is 35.1 Å². The second kappa shape index (κ2) is 9.84. The minimum absolute atomic E-state index is 0.0783. The van der Waals surface area contributed by atoms with Crippen LogP contribution in [-0.2, 0) is 28.7 Å². The van der Waals surface area contributed by atoms with Gasteiger partial charge in [0, 0.05) is 40.9 Å². The Hall–Kier alpha value is -2.06. The number of allylic oxidation sites excluding steroid dienone is 4. The van der Waals surface area contributed by atoms with E-state index in [1.54, 1.807) is 27.7 Å². The van der Waals surface area contributed by atoms with Crippen LogP contribution in [0.1, 0.15) is 73.1 Å². The van der Waals surface area contributed by atoms with Gasteiger partial charge in [0.15, 0.2) is 23.7 Å². The number of aliphatic hydroxyl groups is 1. The Bertz CT molecular complexity index is 1100.